The number of rotatable bonds is 5. The summed E-state index contributed by atoms with van der Waals surface area (Å²) in [6.45, 7) is 2.19. The molecule has 0 spiro atoms. The second kappa shape index (κ2) is 8.33. The van der Waals surface area contributed by atoms with Gasteiger partial charge in [-0.15, -0.1) is 0 Å². The number of benzene rings is 3. The Morgan fingerprint density at radius 3 is 2.33 bits per heavy atom. The molecule has 1 N–H and O–H groups in total. The van der Waals surface area contributed by atoms with E-state index in [-0.39, 0.29) is 18.0 Å². The van der Waals surface area contributed by atoms with E-state index in [0.717, 1.165) is 17.7 Å². The van der Waals surface area contributed by atoms with E-state index in [1.54, 1.807) is 12.1 Å². The van der Waals surface area contributed by atoms with Crippen LogP contribution in [0.1, 0.15) is 11.7 Å². The average molecular weight is 363 g/mol. The number of halogens is 1. The first kappa shape index (κ1) is 17.7. The molecule has 1 aliphatic heterocycles. The maximum absolute atomic E-state index is 14.4. The minimum Gasteiger partial charge on any atom is -0.482 e. The molecule has 1 unspecified atom stereocenters. The third-order valence-corrected chi connectivity index (χ3v) is 4.73. The van der Waals surface area contributed by atoms with Crippen LogP contribution in [0.25, 0.3) is 11.1 Å². The largest absolute Gasteiger partial charge is 0.482 e. The zero-order valence-electron chi connectivity index (χ0n) is 15.0. The lowest BCUT2D eigenvalue weighted by Gasteiger charge is -2.32. The third kappa shape index (κ3) is 4.02. The van der Waals surface area contributed by atoms with Gasteiger partial charge in [0.05, 0.1) is 6.61 Å². The van der Waals surface area contributed by atoms with Crippen LogP contribution in [0.3, 0.4) is 0 Å². The monoisotopic (exact) mass is 363 g/mol. The van der Waals surface area contributed by atoms with Crippen molar-refractivity contribution in [2.75, 3.05) is 19.7 Å². The fraction of sp³-hybridized carbons (Fsp3) is 0.217. The summed E-state index contributed by atoms with van der Waals surface area (Å²) in [7, 11) is 0. The Bertz CT molecular complexity index is 878. The number of morpholine rings is 1. The van der Waals surface area contributed by atoms with Gasteiger partial charge in [-0.05, 0) is 17.7 Å². The third-order valence-electron chi connectivity index (χ3n) is 4.73. The first-order valence-electron chi connectivity index (χ1n) is 9.21. The molecular formula is C23H22FNO2. The van der Waals surface area contributed by atoms with Crippen molar-refractivity contribution < 1.29 is 13.9 Å². The lowest BCUT2D eigenvalue weighted by molar-refractivity contribution is -0.0430. The molecule has 4 heteroatoms. The molecule has 0 aliphatic carbocycles. The van der Waals surface area contributed by atoms with Crippen LogP contribution >= 0.6 is 0 Å². The van der Waals surface area contributed by atoms with Crippen LogP contribution in [-0.4, -0.2) is 25.8 Å². The molecule has 0 saturated carbocycles. The normalized spacial score (nSPS) is 18.0. The summed E-state index contributed by atoms with van der Waals surface area (Å²) in [5, 5.41) is 3.36. The number of nitrogens with one attached hydrogen (secondary N) is 1. The van der Waals surface area contributed by atoms with Crippen LogP contribution in [-0.2, 0) is 4.74 Å². The first-order chi connectivity index (χ1) is 13.3. The van der Waals surface area contributed by atoms with Crippen LogP contribution in [0.5, 0.6) is 5.75 Å². The van der Waals surface area contributed by atoms with Gasteiger partial charge in [-0.3, -0.25) is 0 Å². The number of hydrogen-bond donors (Lipinski definition) is 1. The quantitative estimate of drug-likeness (QED) is 0.719. The molecule has 138 valence electrons. The molecule has 1 fully saturated rings. The Morgan fingerprint density at radius 2 is 1.59 bits per heavy atom. The molecule has 3 aromatic rings. The molecule has 1 aliphatic rings. The van der Waals surface area contributed by atoms with Crippen molar-refractivity contribution >= 4 is 0 Å². The molecule has 0 amide bonds. The van der Waals surface area contributed by atoms with Gasteiger partial charge in [0.25, 0.3) is 0 Å². The highest BCUT2D eigenvalue weighted by Gasteiger charge is 2.28. The maximum Gasteiger partial charge on any atom is 0.151 e. The van der Waals surface area contributed by atoms with Crippen molar-refractivity contribution in [2.24, 2.45) is 0 Å². The number of para-hydroxylation sites is 1. The first-order valence-corrected chi connectivity index (χ1v) is 9.21. The second-order valence-electron chi connectivity index (χ2n) is 6.54. The molecule has 0 radical (unpaired) electrons. The van der Waals surface area contributed by atoms with Gasteiger partial charge in [0.1, 0.15) is 17.7 Å². The molecule has 1 heterocycles. The standard InChI is InChI=1S/C23H22FNO2/c24-20-12-6-4-10-18(20)19-11-5-7-13-21(19)27-23(17-8-2-1-3-9-17)22-16-25-14-15-26-22/h1-13,22-23,25H,14-16H2/t22?,23-/m0/s1. The van der Waals surface area contributed by atoms with Crippen molar-refractivity contribution in [3.63, 3.8) is 0 Å². The van der Waals surface area contributed by atoms with E-state index in [1.165, 1.54) is 6.07 Å². The van der Waals surface area contributed by atoms with Gasteiger partial charge in [0.2, 0.25) is 0 Å². The van der Waals surface area contributed by atoms with E-state index < -0.39 is 0 Å². The predicted molar refractivity (Wildman–Crippen MR) is 104 cm³/mol. The minimum atomic E-state index is -0.285. The summed E-state index contributed by atoms with van der Waals surface area (Å²) < 4.78 is 26.8. The smallest absolute Gasteiger partial charge is 0.151 e. The summed E-state index contributed by atoms with van der Waals surface area (Å²) >= 11 is 0. The van der Waals surface area contributed by atoms with E-state index >= 15 is 0 Å². The summed E-state index contributed by atoms with van der Waals surface area (Å²) in [5.41, 5.74) is 2.30. The SMILES string of the molecule is Fc1ccccc1-c1ccccc1O[C@@H](c1ccccc1)C1CNCCO1. The topological polar surface area (TPSA) is 30.5 Å². The molecule has 0 bridgehead atoms. The molecule has 3 nitrogen and oxygen atoms in total. The Morgan fingerprint density at radius 1 is 0.889 bits per heavy atom. The molecule has 27 heavy (non-hydrogen) atoms. The van der Waals surface area contributed by atoms with Crippen LogP contribution in [0.2, 0.25) is 0 Å². The summed E-state index contributed by atoms with van der Waals surface area (Å²) in [6, 6.07) is 24.4. The van der Waals surface area contributed by atoms with Crippen LogP contribution in [0.4, 0.5) is 4.39 Å². The van der Waals surface area contributed by atoms with Gasteiger partial charge in [-0.2, -0.15) is 0 Å². The summed E-state index contributed by atoms with van der Waals surface area (Å²) in [6.07, 6.45) is -0.401. The van der Waals surface area contributed by atoms with Crippen LogP contribution in [0.15, 0.2) is 78.9 Å². The highest BCUT2D eigenvalue weighted by Crippen LogP contribution is 2.35. The van der Waals surface area contributed by atoms with Crippen molar-refractivity contribution in [3.05, 3.63) is 90.2 Å². The van der Waals surface area contributed by atoms with Gasteiger partial charge in [-0.1, -0.05) is 66.7 Å². The van der Waals surface area contributed by atoms with Crippen molar-refractivity contribution in [3.8, 4) is 16.9 Å². The number of ether oxygens (including phenoxy) is 2. The second-order valence-corrected chi connectivity index (χ2v) is 6.54. The molecule has 1 saturated heterocycles. The van der Waals surface area contributed by atoms with Crippen molar-refractivity contribution in [2.45, 2.75) is 12.2 Å². The Labute approximate surface area is 158 Å². The van der Waals surface area contributed by atoms with Crippen LogP contribution in [0, 0.1) is 5.82 Å². The van der Waals surface area contributed by atoms with Gasteiger partial charge >= 0.3 is 0 Å². The Hall–Kier alpha value is -2.69. The fourth-order valence-corrected chi connectivity index (χ4v) is 3.39. The zero-order chi connectivity index (χ0) is 18.5. The van der Waals surface area contributed by atoms with E-state index in [9.17, 15) is 4.39 Å². The van der Waals surface area contributed by atoms with Crippen molar-refractivity contribution in [1.29, 1.82) is 0 Å². The highest BCUT2D eigenvalue weighted by molar-refractivity contribution is 5.70. The Kier molecular flexibility index (Phi) is 5.47. The predicted octanol–water partition coefficient (Wildman–Crippen LogP) is 4.60. The zero-order valence-corrected chi connectivity index (χ0v) is 15.0. The summed E-state index contributed by atoms with van der Waals surface area (Å²) in [4.78, 5) is 0. The maximum atomic E-state index is 14.4. The van der Waals surface area contributed by atoms with Gasteiger partial charge in [0.15, 0.2) is 6.10 Å². The summed E-state index contributed by atoms with van der Waals surface area (Å²) in [5.74, 6) is 0.381. The van der Waals surface area contributed by atoms with Crippen LogP contribution < -0.4 is 10.1 Å². The average Bonchev–Trinajstić information content (AvgIpc) is 2.74. The molecule has 3 aromatic carbocycles. The van der Waals surface area contributed by atoms with E-state index in [1.807, 2.05) is 60.7 Å². The number of hydrogen-bond acceptors (Lipinski definition) is 3. The van der Waals surface area contributed by atoms with Gasteiger partial charge < -0.3 is 14.8 Å². The molecule has 2 atom stereocenters. The van der Waals surface area contributed by atoms with Crippen molar-refractivity contribution in [1.82, 2.24) is 5.32 Å². The van der Waals surface area contributed by atoms with E-state index in [2.05, 4.69) is 5.32 Å². The lowest BCUT2D eigenvalue weighted by atomic mass is 10.0. The fourth-order valence-electron chi connectivity index (χ4n) is 3.39. The Balaban J connectivity index is 1.71. The molecule has 4 rings (SSSR count). The van der Waals surface area contributed by atoms with Gasteiger partial charge in [-0.25, -0.2) is 4.39 Å². The highest BCUT2D eigenvalue weighted by atomic mass is 19.1. The molecule has 0 aromatic heterocycles. The van der Waals surface area contributed by atoms with Gasteiger partial charge in [0, 0.05) is 24.2 Å². The van der Waals surface area contributed by atoms with E-state index in [4.69, 9.17) is 9.47 Å². The minimum absolute atomic E-state index is 0.116. The lowest BCUT2D eigenvalue weighted by Crippen LogP contribution is -2.43. The molecular weight excluding hydrogens is 341 g/mol. The van der Waals surface area contributed by atoms with E-state index in [0.29, 0.717) is 24.5 Å².